The number of hydrogen-bond acceptors (Lipinski definition) is 7. The minimum atomic E-state index is -1.12. The van der Waals surface area contributed by atoms with Gasteiger partial charge in [-0.05, 0) is 23.6 Å². The zero-order valence-corrected chi connectivity index (χ0v) is 19.6. The summed E-state index contributed by atoms with van der Waals surface area (Å²) in [6.45, 7) is 3.64. The highest BCUT2D eigenvalue weighted by Gasteiger charge is 2.39. The summed E-state index contributed by atoms with van der Waals surface area (Å²) in [6, 6.07) is 6.26. The molecule has 3 rings (SSSR count). The number of halogens is 3. The van der Waals surface area contributed by atoms with Crippen molar-refractivity contribution >= 4 is 30.0 Å². The van der Waals surface area contributed by atoms with Gasteiger partial charge in [-0.1, -0.05) is 37.6 Å². The van der Waals surface area contributed by atoms with Crippen molar-refractivity contribution in [2.45, 2.75) is 51.4 Å². The molecule has 0 bridgehead atoms. The number of hydrogen-bond donors (Lipinski definition) is 2. The Hall–Kier alpha value is -2.24. The number of aromatic amines is 1. The van der Waals surface area contributed by atoms with Gasteiger partial charge in [0.25, 0.3) is 5.56 Å². The SMILES string of the molecule is CC(C)[C@H](N)C(=O)OC[C@H]1O[C@@H](n2cc(F)c(=O)[nH]c2=O)C[C@@H]1OCc1ccc(Cl)cc1.Cl. The maximum Gasteiger partial charge on any atom is 0.330 e. The minimum Gasteiger partial charge on any atom is -0.462 e. The van der Waals surface area contributed by atoms with Crippen molar-refractivity contribution < 1.29 is 23.4 Å². The molecule has 1 saturated heterocycles. The lowest BCUT2D eigenvalue weighted by molar-refractivity contribution is -0.154. The lowest BCUT2D eigenvalue weighted by Crippen LogP contribution is -2.39. The number of nitrogens with one attached hydrogen (secondary N) is 1. The molecule has 3 N–H and O–H groups in total. The average molecular weight is 506 g/mol. The van der Waals surface area contributed by atoms with Gasteiger partial charge < -0.3 is 19.9 Å². The number of esters is 1. The fourth-order valence-electron chi connectivity index (χ4n) is 3.19. The normalized spacial score (nSPS) is 21.0. The predicted molar refractivity (Wildman–Crippen MR) is 121 cm³/mol. The minimum absolute atomic E-state index is 0. The molecule has 1 aliphatic heterocycles. The number of nitrogens with two attached hydrogens (primary N) is 1. The van der Waals surface area contributed by atoms with Crippen molar-refractivity contribution in [1.82, 2.24) is 9.55 Å². The Labute approximate surface area is 200 Å². The van der Waals surface area contributed by atoms with Gasteiger partial charge in [0.15, 0.2) is 0 Å². The molecular formula is C21H26Cl2FN3O6. The first-order valence-corrected chi connectivity index (χ1v) is 10.5. The second kappa shape index (κ2) is 11.8. The van der Waals surface area contributed by atoms with E-state index in [0.717, 1.165) is 16.3 Å². The van der Waals surface area contributed by atoms with E-state index in [9.17, 15) is 18.8 Å². The fraction of sp³-hybridized carbons (Fsp3) is 0.476. The van der Waals surface area contributed by atoms with Crippen LogP contribution in [0.5, 0.6) is 0 Å². The molecule has 0 amide bonds. The smallest absolute Gasteiger partial charge is 0.330 e. The van der Waals surface area contributed by atoms with Crippen molar-refractivity contribution in [2.75, 3.05) is 6.61 Å². The van der Waals surface area contributed by atoms with E-state index in [1.165, 1.54) is 0 Å². The largest absolute Gasteiger partial charge is 0.462 e. The molecule has 4 atom stereocenters. The summed E-state index contributed by atoms with van der Waals surface area (Å²) >= 11 is 5.90. The van der Waals surface area contributed by atoms with E-state index in [1.807, 2.05) is 4.98 Å². The first-order valence-electron chi connectivity index (χ1n) is 10.1. The van der Waals surface area contributed by atoms with Gasteiger partial charge in [0, 0.05) is 11.4 Å². The number of carbonyl (C=O) groups is 1. The molecule has 0 aliphatic carbocycles. The van der Waals surface area contributed by atoms with Gasteiger partial charge in [0.2, 0.25) is 5.82 Å². The molecule has 0 unspecified atom stereocenters. The molecule has 0 saturated carbocycles. The van der Waals surface area contributed by atoms with E-state index < -0.39 is 47.5 Å². The predicted octanol–water partition coefficient (Wildman–Crippen LogP) is 2.15. The van der Waals surface area contributed by atoms with Crippen LogP contribution in [-0.4, -0.2) is 40.4 Å². The van der Waals surface area contributed by atoms with Gasteiger partial charge in [-0.25, -0.2) is 4.79 Å². The Kier molecular flexibility index (Phi) is 9.62. The van der Waals surface area contributed by atoms with Crippen LogP contribution in [0.3, 0.4) is 0 Å². The highest BCUT2D eigenvalue weighted by Crippen LogP contribution is 2.31. The summed E-state index contributed by atoms with van der Waals surface area (Å²) in [5.41, 5.74) is 4.73. The Morgan fingerprint density at radius 3 is 2.64 bits per heavy atom. The molecule has 1 fully saturated rings. The number of aromatic nitrogens is 2. The van der Waals surface area contributed by atoms with Crippen LogP contribution >= 0.6 is 24.0 Å². The standard InChI is InChI=1S/C21H25ClFN3O6.ClH/c1-11(2)18(24)20(28)31-10-16-15(30-9-12-3-5-13(22)6-4-12)7-17(32-16)26-8-14(23)19(27)25-21(26)29;/h3-6,8,11,15-18H,7,9-10,24H2,1-2H3,(H,25,27,29);1H/t15-,16+,17+,18-;/m0./s1. The van der Waals surface area contributed by atoms with Crippen molar-refractivity contribution in [1.29, 1.82) is 0 Å². The molecule has 33 heavy (non-hydrogen) atoms. The summed E-state index contributed by atoms with van der Waals surface area (Å²) in [4.78, 5) is 37.5. The molecule has 1 aromatic heterocycles. The van der Waals surface area contributed by atoms with E-state index in [4.69, 9.17) is 31.5 Å². The maximum absolute atomic E-state index is 13.7. The number of rotatable bonds is 8. The fourth-order valence-corrected chi connectivity index (χ4v) is 3.31. The van der Waals surface area contributed by atoms with Gasteiger partial charge >= 0.3 is 11.7 Å². The Bertz CT molecular complexity index is 1060. The van der Waals surface area contributed by atoms with Crippen LogP contribution < -0.4 is 17.0 Å². The summed E-state index contributed by atoms with van der Waals surface area (Å²) in [5, 5.41) is 0.587. The molecular weight excluding hydrogens is 480 g/mol. The van der Waals surface area contributed by atoms with Crippen LogP contribution in [0.25, 0.3) is 0 Å². The Balaban J connectivity index is 0.00000385. The van der Waals surface area contributed by atoms with Crippen molar-refractivity contribution in [3.05, 3.63) is 67.7 Å². The van der Waals surface area contributed by atoms with Crippen LogP contribution in [0.15, 0.2) is 40.1 Å². The van der Waals surface area contributed by atoms with Gasteiger partial charge in [0.05, 0.1) is 18.9 Å². The van der Waals surface area contributed by atoms with E-state index in [-0.39, 0.29) is 38.0 Å². The maximum atomic E-state index is 13.7. The average Bonchev–Trinajstić information content (AvgIpc) is 3.16. The molecule has 182 valence electrons. The number of ether oxygens (including phenoxy) is 3. The number of nitrogens with zero attached hydrogens (tertiary/aromatic N) is 1. The molecule has 0 radical (unpaired) electrons. The van der Waals surface area contributed by atoms with E-state index in [2.05, 4.69) is 0 Å². The van der Waals surface area contributed by atoms with Crippen molar-refractivity contribution in [2.24, 2.45) is 11.7 Å². The molecule has 9 nitrogen and oxygen atoms in total. The monoisotopic (exact) mass is 505 g/mol. The second-order valence-corrected chi connectivity index (χ2v) is 8.32. The summed E-state index contributed by atoms with van der Waals surface area (Å²) in [5.74, 6) is -1.82. The third-order valence-electron chi connectivity index (χ3n) is 5.17. The van der Waals surface area contributed by atoms with Crippen LogP contribution in [0.1, 0.15) is 32.1 Å². The Morgan fingerprint density at radius 2 is 2.00 bits per heavy atom. The quantitative estimate of drug-likeness (QED) is 0.526. The number of H-pyrrole nitrogens is 1. The lowest BCUT2D eigenvalue weighted by atomic mass is 10.1. The summed E-state index contributed by atoms with van der Waals surface area (Å²) in [6.07, 6.45) is -1.30. The van der Waals surface area contributed by atoms with Crippen LogP contribution in [0.2, 0.25) is 5.02 Å². The summed E-state index contributed by atoms with van der Waals surface area (Å²) in [7, 11) is 0. The molecule has 0 spiro atoms. The van der Waals surface area contributed by atoms with E-state index in [1.54, 1.807) is 38.1 Å². The van der Waals surface area contributed by atoms with E-state index >= 15 is 0 Å². The number of carbonyl (C=O) groups excluding carboxylic acids is 1. The van der Waals surface area contributed by atoms with Gasteiger partial charge in [-0.3, -0.25) is 19.1 Å². The first kappa shape index (κ1) is 27.0. The summed E-state index contributed by atoms with van der Waals surface area (Å²) < 4.78 is 31.8. The van der Waals surface area contributed by atoms with Crippen LogP contribution in [-0.2, 0) is 25.6 Å². The highest BCUT2D eigenvalue weighted by atomic mass is 35.5. The molecule has 2 aromatic rings. The van der Waals surface area contributed by atoms with Crippen LogP contribution in [0, 0.1) is 11.7 Å². The highest BCUT2D eigenvalue weighted by molar-refractivity contribution is 6.30. The van der Waals surface area contributed by atoms with E-state index in [0.29, 0.717) is 5.02 Å². The van der Waals surface area contributed by atoms with Crippen molar-refractivity contribution in [3.8, 4) is 0 Å². The molecule has 1 aromatic carbocycles. The van der Waals surface area contributed by atoms with Gasteiger partial charge in [-0.2, -0.15) is 4.39 Å². The van der Waals surface area contributed by atoms with Crippen molar-refractivity contribution in [3.63, 3.8) is 0 Å². The lowest BCUT2D eigenvalue weighted by Gasteiger charge is -2.21. The Morgan fingerprint density at radius 1 is 1.33 bits per heavy atom. The third-order valence-corrected chi connectivity index (χ3v) is 5.42. The van der Waals surface area contributed by atoms with Gasteiger partial charge in [-0.15, -0.1) is 12.4 Å². The van der Waals surface area contributed by atoms with Gasteiger partial charge in [0.1, 0.15) is 25.0 Å². The number of benzene rings is 1. The zero-order chi connectivity index (χ0) is 23.4. The second-order valence-electron chi connectivity index (χ2n) is 7.88. The molecule has 1 aliphatic rings. The first-order chi connectivity index (χ1) is 15.2. The third kappa shape index (κ3) is 6.87. The zero-order valence-electron chi connectivity index (χ0n) is 18.0. The molecule has 2 heterocycles. The topological polar surface area (TPSA) is 126 Å². The molecule has 12 heteroatoms. The van der Waals surface area contributed by atoms with Crippen LogP contribution in [0.4, 0.5) is 4.39 Å².